The van der Waals surface area contributed by atoms with Gasteiger partial charge in [0.15, 0.2) is 0 Å². The minimum atomic E-state index is -0.0824. The molecule has 2 heterocycles. The van der Waals surface area contributed by atoms with Crippen molar-refractivity contribution in [3.05, 3.63) is 52.3 Å². The van der Waals surface area contributed by atoms with Gasteiger partial charge in [-0.25, -0.2) is 4.68 Å². The van der Waals surface area contributed by atoms with E-state index in [0.717, 1.165) is 24.2 Å². The van der Waals surface area contributed by atoms with Crippen LogP contribution in [0.2, 0.25) is 0 Å². The molecule has 0 atom stereocenters. The van der Waals surface area contributed by atoms with E-state index in [1.807, 2.05) is 0 Å². The fraction of sp³-hybridized carbons (Fsp3) is 0.412. The SMILES string of the molecule is Cn1nc(-c2ccc(CCN3CCCC3)cc2)ccc1=O. The van der Waals surface area contributed by atoms with Crippen LogP contribution < -0.4 is 5.56 Å². The zero-order valence-electron chi connectivity index (χ0n) is 12.5. The van der Waals surface area contributed by atoms with Crippen LogP contribution in [0.1, 0.15) is 18.4 Å². The molecule has 1 aromatic heterocycles. The van der Waals surface area contributed by atoms with Gasteiger partial charge in [0.2, 0.25) is 0 Å². The van der Waals surface area contributed by atoms with Gasteiger partial charge in [0.25, 0.3) is 5.56 Å². The van der Waals surface area contributed by atoms with Crippen LogP contribution in [0, 0.1) is 0 Å². The number of hydrogen-bond acceptors (Lipinski definition) is 3. The van der Waals surface area contributed by atoms with Crippen LogP contribution in [0.15, 0.2) is 41.2 Å². The van der Waals surface area contributed by atoms with E-state index in [9.17, 15) is 4.79 Å². The van der Waals surface area contributed by atoms with Crippen LogP contribution in [0.25, 0.3) is 11.3 Å². The number of benzene rings is 1. The van der Waals surface area contributed by atoms with E-state index in [-0.39, 0.29) is 5.56 Å². The normalized spacial score (nSPS) is 15.5. The molecule has 0 spiro atoms. The van der Waals surface area contributed by atoms with Crippen LogP contribution in [0.3, 0.4) is 0 Å². The number of hydrogen-bond donors (Lipinski definition) is 0. The van der Waals surface area contributed by atoms with Crippen LogP contribution in [0.5, 0.6) is 0 Å². The van der Waals surface area contributed by atoms with Crippen molar-refractivity contribution in [2.45, 2.75) is 19.3 Å². The summed E-state index contributed by atoms with van der Waals surface area (Å²) in [5.74, 6) is 0. The molecule has 2 aromatic rings. The van der Waals surface area contributed by atoms with E-state index >= 15 is 0 Å². The van der Waals surface area contributed by atoms with Crippen LogP contribution in [-0.4, -0.2) is 34.3 Å². The van der Waals surface area contributed by atoms with Crippen molar-refractivity contribution in [3.8, 4) is 11.3 Å². The van der Waals surface area contributed by atoms with E-state index in [2.05, 4.69) is 34.3 Å². The topological polar surface area (TPSA) is 38.1 Å². The lowest BCUT2D eigenvalue weighted by Crippen LogP contribution is -2.21. The second-order valence-corrected chi connectivity index (χ2v) is 5.68. The fourth-order valence-corrected chi connectivity index (χ4v) is 2.79. The molecule has 0 amide bonds. The maximum Gasteiger partial charge on any atom is 0.266 e. The number of aryl methyl sites for hydroxylation is 1. The molecule has 4 nitrogen and oxygen atoms in total. The van der Waals surface area contributed by atoms with Gasteiger partial charge in [-0.15, -0.1) is 0 Å². The van der Waals surface area contributed by atoms with Gasteiger partial charge in [0, 0.05) is 25.2 Å². The first-order chi connectivity index (χ1) is 10.2. The molecule has 1 aromatic carbocycles. The Balaban J connectivity index is 1.68. The average molecular weight is 283 g/mol. The number of aromatic nitrogens is 2. The average Bonchev–Trinajstić information content (AvgIpc) is 3.02. The first-order valence-electron chi connectivity index (χ1n) is 7.58. The predicted molar refractivity (Wildman–Crippen MR) is 84.3 cm³/mol. The second kappa shape index (κ2) is 6.22. The van der Waals surface area contributed by atoms with Crippen LogP contribution in [-0.2, 0) is 13.5 Å². The van der Waals surface area contributed by atoms with Crippen molar-refractivity contribution >= 4 is 0 Å². The third-order valence-corrected chi connectivity index (χ3v) is 4.13. The van der Waals surface area contributed by atoms with E-state index in [1.54, 1.807) is 19.2 Å². The number of likely N-dealkylation sites (tertiary alicyclic amines) is 1. The molecule has 3 rings (SSSR count). The maximum absolute atomic E-state index is 11.4. The summed E-state index contributed by atoms with van der Waals surface area (Å²) in [5, 5.41) is 4.28. The van der Waals surface area contributed by atoms with Gasteiger partial charge < -0.3 is 4.90 Å². The van der Waals surface area contributed by atoms with Crippen molar-refractivity contribution < 1.29 is 0 Å². The van der Waals surface area contributed by atoms with Crippen molar-refractivity contribution in [1.29, 1.82) is 0 Å². The Morgan fingerprint density at radius 2 is 1.76 bits per heavy atom. The van der Waals surface area contributed by atoms with Gasteiger partial charge in [0.1, 0.15) is 0 Å². The maximum atomic E-state index is 11.4. The highest BCUT2D eigenvalue weighted by molar-refractivity contribution is 5.58. The van der Waals surface area contributed by atoms with Gasteiger partial charge in [0.05, 0.1) is 5.69 Å². The molecule has 21 heavy (non-hydrogen) atoms. The van der Waals surface area contributed by atoms with Crippen LogP contribution >= 0.6 is 0 Å². The highest BCUT2D eigenvalue weighted by Crippen LogP contribution is 2.17. The van der Waals surface area contributed by atoms with E-state index in [0.29, 0.717) is 0 Å². The monoisotopic (exact) mass is 283 g/mol. The molecule has 1 saturated heterocycles. The van der Waals surface area contributed by atoms with Crippen molar-refractivity contribution in [2.75, 3.05) is 19.6 Å². The largest absolute Gasteiger partial charge is 0.303 e. The van der Waals surface area contributed by atoms with Crippen molar-refractivity contribution in [3.63, 3.8) is 0 Å². The van der Waals surface area contributed by atoms with Crippen molar-refractivity contribution in [1.82, 2.24) is 14.7 Å². The summed E-state index contributed by atoms with van der Waals surface area (Å²) in [6.07, 6.45) is 3.79. The van der Waals surface area contributed by atoms with Gasteiger partial charge in [-0.3, -0.25) is 4.79 Å². The Morgan fingerprint density at radius 1 is 1.05 bits per heavy atom. The minimum absolute atomic E-state index is 0.0824. The summed E-state index contributed by atoms with van der Waals surface area (Å²) < 4.78 is 1.37. The molecular weight excluding hydrogens is 262 g/mol. The number of rotatable bonds is 4. The van der Waals surface area contributed by atoms with E-state index in [4.69, 9.17) is 0 Å². The molecule has 0 saturated carbocycles. The zero-order valence-corrected chi connectivity index (χ0v) is 12.5. The summed E-state index contributed by atoms with van der Waals surface area (Å²) >= 11 is 0. The van der Waals surface area contributed by atoms with Gasteiger partial charge in [-0.1, -0.05) is 24.3 Å². The summed E-state index contributed by atoms with van der Waals surface area (Å²) in [6, 6.07) is 11.8. The molecule has 4 heteroatoms. The third kappa shape index (κ3) is 3.39. The van der Waals surface area contributed by atoms with Gasteiger partial charge in [-0.2, -0.15) is 5.10 Å². The molecule has 0 radical (unpaired) electrons. The Morgan fingerprint density at radius 3 is 2.43 bits per heavy atom. The van der Waals surface area contributed by atoms with Crippen molar-refractivity contribution in [2.24, 2.45) is 7.05 Å². The lowest BCUT2D eigenvalue weighted by Gasteiger charge is -2.14. The minimum Gasteiger partial charge on any atom is -0.303 e. The van der Waals surface area contributed by atoms with Gasteiger partial charge in [-0.05, 0) is 44.0 Å². The quantitative estimate of drug-likeness (QED) is 0.862. The molecule has 1 aliphatic rings. The molecule has 1 aliphatic heterocycles. The molecule has 0 N–H and O–H groups in total. The van der Waals surface area contributed by atoms with Crippen LogP contribution in [0.4, 0.5) is 0 Å². The Bertz CT molecular complexity index is 654. The van der Waals surface area contributed by atoms with E-state index in [1.165, 1.54) is 36.2 Å². The highest BCUT2D eigenvalue weighted by Gasteiger charge is 2.10. The molecule has 110 valence electrons. The summed E-state index contributed by atoms with van der Waals surface area (Å²) in [6.45, 7) is 3.65. The predicted octanol–water partition coefficient (Wildman–Crippen LogP) is 2.09. The lowest BCUT2D eigenvalue weighted by molar-refractivity contribution is 0.343. The first-order valence-corrected chi connectivity index (χ1v) is 7.58. The molecule has 0 unspecified atom stereocenters. The summed E-state index contributed by atoms with van der Waals surface area (Å²) in [5.41, 5.74) is 3.16. The fourth-order valence-electron chi connectivity index (χ4n) is 2.79. The molecule has 1 fully saturated rings. The third-order valence-electron chi connectivity index (χ3n) is 4.13. The standard InChI is InChI=1S/C17H21N3O/c1-19-17(21)9-8-16(18-19)15-6-4-14(5-7-15)10-13-20-11-2-3-12-20/h4-9H,2-3,10-13H2,1H3. The second-order valence-electron chi connectivity index (χ2n) is 5.68. The zero-order chi connectivity index (χ0) is 14.7. The Hall–Kier alpha value is -1.94. The smallest absolute Gasteiger partial charge is 0.266 e. The lowest BCUT2D eigenvalue weighted by atomic mass is 10.1. The van der Waals surface area contributed by atoms with E-state index < -0.39 is 0 Å². The number of nitrogens with zero attached hydrogens (tertiary/aromatic N) is 3. The highest BCUT2D eigenvalue weighted by atomic mass is 16.1. The summed E-state index contributed by atoms with van der Waals surface area (Å²) in [4.78, 5) is 13.9. The first kappa shape index (κ1) is 14.0. The van der Waals surface area contributed by atoms with Gasteiger partial charge >= 0.3 is 0 Å². The molecular formula is C17H21N3O. The Labute approximate surface area is 125 Å². The summed E-state index contributed by atoms with van der Waals surface area (Å²) in [7, 11) is 1.68. The Kier molecular flexibility index (Phi) is 4.15. The molecule has 0 bridgehead atoms. The molecule has 0 aliphatic carbocycles.